The van der Waals surface area contributed by atoms with E-state index in [2.05, 4.69) is 16.8 Å². The van der Waals surface area contributed by atoms with E-state index in [-0.39, 0.29) is 0 Å². The standard InChI is InChI=1S/C10H13NOS/c1-3-4-5-6-9(12)10-7-11-8(2)13-10/h7,9,12H,5-6H2,1-2H3. The molecule has 1 aromatic heterocycles. The fourth-order valence-electron chi connectivity index (χ4n) is 1.01. The molecule has 0 aromatic carbocycles. The van der Waals surface area contributed by atoms with Gasteiger partial charge in [0.1, 0.15) is 0 Å². The largest absolute Gasteiger partial charge is 0.387 e. The molecule has 0 aliphatic rings. The topological polar surface area (TPSA) is 33.1 Å². The number of hydrogen-bond donors (Lipinski definition) is 1. The van der Waals surface area contributed by atoms with Crippen LogP contribution in [0.5, 0.6) is 0 Å². The van der Waals surface area contributed by atoms with E-state index in [1.54, 1.807) is 17.5 Å². The van der Waals surface area contributed by atoms with Gasteiger partial charge in [0, 0.05) is 12.6 Å². The van der Waals surface area contributed by atoms with Crippen LogP contribution in [-0.2, 0) is 0 Å². The van der Waals surface area contributed by atoms with Crippen LogP contribution in [0, 0.1) is 18.8 Å². The third kappa shape index (κ3) is 3.17. The van der Waals surface area contributed by atoms with Crippen molar-refractivity contribution < 1.29 is 5.11 Å². The number of thiazole rings is 1. The van der Waals surface area contributed by atoms with Gasteiger partial charge in [0.25, 0.3) is 0 Å². The Morgan fingerprint density at radius 2 is 2.46 bits per heavy atom. The Labute approximate surface area is 82.6 Å². The Morgan fingerprint density at radius 1 is 1.69 bits per heavy atom. The zero-order valence-corrected chi connectivity index (χ0v) is 8.69. The summed E-state index contributed by atoms with van der Waals surface area (Å²) in [7, 11) is 0. The molecule has 1 N–H and O–H groups in total. The van der Waals surface area contributed by atoms with E-state index >= 15 is 0 Å². The molecule has 1 rings (SSSR count). The molecule has 1 aromatic rings. The summed E-state index contributed by atoms with van der Waals surface area (Å²) < 4.78 is 0. The molecule has 0 saturated carbocycles. The number of rotatable bonds is 3. The molecule has 0 spiro atoms. The van der Waals surface area contributed by atoms with Gasteiger partial charge in [-0.1, -0.05) is 0 Å². The van der Waals surface area contributed by atoms with E-state index in [0.717, 1.165) is 16.3 Å². The van der Waals surface area contributed by atoms with Crippen LogP contribution >= 0.6 is 11.3 Å². The zero-order chi connectivity index (χ0) is 9.68. The van der Waals surface area contributed by atoms with Crippen molar-refractivity contribution in [3.05, 3.63) is 16.1 Å². The van der Waals surface area contributed by atoms with Gasteiger partial charge >= 0.3 is 0 Å². The fourth-order valence-corrected chi connectivity index (χ4v) is 1.81. The molecule has 2 nitrogen and oxygen atoms in total. The molecule has 0 aliphatic heterocycles. The highest BCUT2D eigenvalue weighted by Crippen LogP contribution is 2.23. The van der Waals surface area contributed by atoms with Gasteiger partial charge < -0.3 is 5.11 Å². The Balaban J connectivity index is 2.47. The van der Waals surface area contributed by atoms with Crippen molar-refractivity contribution >= 4 is 11.3 Å². The third-order valence-electron chi connectivity index (χ3n) is 1.69. The van der Waals surface area contributed by atoms with Gasteiger partial charge in [-0.25, -0.2) is 4.98 Å². The average Bonchev–Trinajstić information content (AvgIpc) is 2.52. The highest BCUT2D eigenvalue weighted by molar-refractivity contribution is 7.11. The van der Waals surface area contributed by atoms with Crippen molar-refractivity contribution in [3.63, 3.8) is 0 Å². The van der Waals surface area contributed by atoms with Crippen LogP contribution < -0.4 is 0 Å². The molecule has 70 valence electrons. The minimum atomic E-state index is -0.396. The van der Waals surface area contributed by atoms with Crippen LogP contribution in [0.2, 0.25) is 0 Å². The number of aromatic nitrogens is 1. The number of hydrogen-bond acceptors (Lipinski definition) is 3. The van der Waals surface area contributed by atoms with Crippen LogP contribution in [0.3, 0.4) is 0 Å². The maximum absolute atomic E-state index is 9.66. The van der Waals surface area contributed by atoms with E-state index < -0.39 is 6.10 Å². The minimum Gasteiger partial charge on any atom is -0.387 e. The first kappa shape index (κ1) is 10.2. The van der Waals surface area contributed by atoms with Gasteiger partial charge in [0.05, 0.1) is 16.0 Å². The van der Waals surface area contributed by atoms with Crippen molar-refractivity contribution in [2.45, 2.75) is 32.8 Å². The smallest absolute Gasteiger partial charge is 0.0907 e. The normalized spacial score (nSPS) is 11.9. The van der Waals surface area contributed by atoms with Crippen molar-refractivity contribution in [1.29, 1.82) is 0 Å². The van der Waals surface area contributed by atoms with Crippen LogP contribution in [0.4, 0.5) is 0 Å². The molecule has 0 aliphatic carbocycles. The molecule has 1 heterocycles. The van der Waals surface area contributed by atoms with Crippen molar-refractivity contribution in [2.24, 2.45) is 0 Å². The first-order valence-corrected chi connectivity index (χ1v) is 5.05. The number of aryl methyl sites for hydroxylation is 1. The maximum atomic E-state index is 9.66. The Kier molecular flexibility index (Phi) is 3.94. The molecule has 0 fully saturated rings. The van der Waals surface area contributed by atoms with E-state index in [4.69, 9.17) is 0 Å². The Bertz CT molecular complexity index is 321. The second kappa shape index (κ2) is 5.00. The monoisotopic (exact) mass is 195 g/mol. The van der Waals surface area contributed by atoms with Crippen molar-refractivity contribution in [1.82, 2.24) is 4.98 Å². The third-order valence-corrected chi connectivity index (χ3v) is 2.70. The van der Waals surface area contributed by atoms with Crippen LogP contribution in [0.25, 0.3) is 0 Å². The second-order valence-corrected chi connectivity index (χ2v) is 4.03. The first-order chi connectivity index (χ1) is 6.24. The van der Waals surface area contributed by atoms with Crippen molar-refractivity contribution in [2.75, 3.05) is 0 Å². The number of aliphatic hydroxyl groups excluding tert-OH is 1. The fraction of sp³-hybridized carbons (Fsp3) is 0.500. The van der Waals surface area contributed by atoms with E-state index in [9.17, 15) is 5.11 Å². The Morgan fingerprint density at radius 3 is 3.00 bits per heavy atom. The molecule has 1 unspecified atom stereocenters. The molecule has 3 heteroatoms. The lowest BCUT2D eigenvalue weighted by Crippen LogP contribution is -1.92. The van der Waals surface area contributed by atoms with Gasteiger partial charge in [-0.15, -0.1) is 23.2 Å². The summed E-state index contributed by atoms with van der Waals surface area (Å²) in [5.41, 5.74) is 0. The molecular weight excluding hydrogens is 182 g/mol. The summed E-state index contributed by atoms with van der Waals surface area (Å²) in [5.74, 6) is 5.74. The lowest BCUT2D eigenvalue weighted by molar-refractivity contribution is 0.173. The number of aliphatic hydroxyl groups is 1. The van der Waals surface area contributed by atoms with Gasteiger partial charge in [-0.3, -0.25) is 0 Å². The number of nitrogens with zero attached hydrogens (tertiary/aromatic N) is 1. The summed E-state index contributed by atoms with van der Waals surface area (Å²) in [5, 5.41) is 10.7. The van der Waals surface area contributed by atoms with E-state index in [1.165, 1.54) is 0 Å². The molecular formula is C10H13NOS. The lowest BCUT2D eigenvalue weighted by atomic mass is 10.2. The van der Waals surface area contributed by atoms with Crippen LogP contribution in [0.1, 0.15) is 35.8 Å². The highest BCUT2D eigenvalue weighted by Gasteiger charge is 2.08. The quantitative estimate of drug-likeness (QED) is 0.751. The summed E-state index contributed by atoms with van der Waals surface area (Å²) in [6, 6.07) is 0. The first-order valence-electron chi connectivity index (χ1n) is 4.24. The highest BCUT2D eigenvalue weighted by atomic mass is 32.1. The van der Waals surface area contributed by atoms with Gasteiger partial charge in [0.15, 0.2) is 0 Å². The summed E-state index contributed by atoms with van der Waals surface area (Å²) >= 11 is 1.54. The maximum Gasteiger partial charge on any atom is 0.0907 e. The van der Waals surface area contributed by atoms with Crippen molar-refractivity contribution in [3.8, 4) is 11.8 Å². The molecule has 0 radical (unpaired) electrons. The molecule has 0 amide bonds. The lowest BCUT2D eigenvalue weighted by Gasteiger charge is -2.03. The summed E-state index contributed by atoms with van der Waals surface area (Å²) in [6.45, 7) is 3.75. The molecule has 13 heavy (non-hydrogen) atoms. The van der Waals surface area contributed by atoms with Gasteiger partial charge in [-0.05, 0) is 20.3 Å². The Hall–Kier alpha value is -0.850. The minimum absolute atomic E-state index is 0.396. The predicted octanol–water partition coefficient (Wildman–Crippen LogP) is 2.29. The summed E-state index contributed by atoms with van der Waals surface area (Å²) in [6.07, 6.45) is 2.79. The molecule has 1 atom stereocenters. The summed E-state index contributed by atoms with van der Waals surface area (Å²) in [4.78, 5) is 5.03. The SMILES string of the molecule is CC#CCCC(O)c1cnc(C)s1. The molecule has 0 saturated heterocycles. The van der Waals surface area contributed by atoms with E-state index in [0.29, 0.717) is 6.42 Å². The molecule has 0 bridgehead atoms. The second-order valence-electron chi connectivity index (χ2n) is 2.76. The van der Waals surface area contributed by atoms with E-state index in [1.807, 2.05) is 13.8 Å². The van der Waals surface area contributed by atoms with Crippen LogP contribution in [-0.4, -0.2) is 10.1 Å². The predicted molar refractivity (Wildman–Crippen MR) is 54.5 cm³/mol. The van der Waals surface area contributed by atoms with Crippen LogP contribution in [0.15, 0.2) is 6.20 Å². The average molecular weight is 195 g/mol. The zero-order valence-electron chi connectivity index (χ0n) is 7.87. The van der Waals surface area contributed by atoms with Gasteiger partial charge in [-0.2, -0.15) is 0 Å². The van der Waals surface area contributed by atoms with Gasteiger partial charge in [0.2, 0.25) is 0 Å².